The van der Waals surface area contributed by atoms with Gasteiger partial charge in [-0.05, 0) is 42.3 Å². The predicted octanol–water partition coefficient (Wildman–Crippen LogP) is 6.25. The molecule has 1 N–H and O–H groups in total. The molecule has 4 nitrogen and oxygen atoms in total. The fourth-order valence-corrected chi connectivity index (χ4v) is 5.37. The highest BCUT2D eigenvalue weighted by atomic mass is 79.9. The van der Waals surface area contributed by atoms with Crippen molar-refractivity contribution in [1.82, 2.24) is 10.2 Å². The van der Waals surface area contributed by atoms with Gasteiger partial charge in [0.05, 0.1) is 5.75 Å². The molecule has 0 aromatic heterocycles. The molecule has 3 rings (SSSR count). The average Bonchev–Trinajstić information content (AvgIpc) is 2.84. The Morgan fingerprint density at radius 1 is 1.06 bits per heavy atom. The van der Waals surface area contributed by atoms with Gasteiger partial charge >= 0.3 is 0 Å². The molecule has 3 aromatic rings. The van der Waals surface area contributed by atoms with E-state index in [1.54, 1.807) is 17.0 Å². The zero-order valence-corrected chi connectivity index (χ0v) is 22.5. The Morgan fingerprint density at radius 3 is 2.46 bits per heavy atom. The molecule has 0 radical (unpaired) electrons. The number of nitrogens with zero attached hydrogens (tertiary/aromatic N) is 1. The molecule has 0 spiro atoms. The molecule has 0 aliphatic carbocycles. The first kappa shape index (κ1) is 27.2. The zero-order chi connectivity index (χ0) is 25.2. The summed E-state index contributed by atoms with van der Waals surface area (Å²) in [6.45, 7) is 2.59. The van der Waals surface area contributed by atoms with Crippen molar-refractivity contribution in [2.24, 2.45) is 0 Å². The molecule has 0 fully saturated rings. The van der Waals surface area contributed by atoms with Gasteiger partial charge in [0, 0.05) is 40.3 Å². The summed E-state index contributed by atoms with van der Waals surface area (Å²) in [5, 5.41) is 3.21. The summed E-state index contributed by atoms with van der Waals surface area (Å²) in [4.78, 5) is 28.3. The number of thioether (sulfide) groups is 1. The quantitative estimate of drug-likeness (QED) is 0.293. The minimum Gasteiger partial charge on any atom is -0.355 e. The topological polar surface area (TPSA) is 49.4 Å². The molecule has 1 atom stereocenters. The van der Waals surface area contributed by atoms with Gasteiger partial charge in [0.15, 0.2) is 0 Å². The summed E-state index contributed by atoms with van der Waals surface area (Å²) < 4.78 is 15.1. The van der Waals surface area contributed by atoms with Crippen LogP contribution in [0.4, 0.5) is 4.39 Å². The maximum atomic E-state index is 14.2. The molecular formula is C27H27BrClFN2O2S. The number of amides is 2. The Morgan fingerprint density at radius 2 is 1.77 bits per heavy atom. The maximum Gasteiger partial charge on any atom is 0.243 e. The number of hydrogen-bond acceptors (Lipinski definition) is 3. The molecule has 184 valence electrons. The summed E-state index contributed by atoms with van der Waals surface area (Å²) in [6, 6.07) is 21.2. The van der Waals surface area contributed by atoms with Crippen LogP contribution in [0.2, 0.25) is 5.02 Å². The van der Waals surface area contributed by atoms with Gasteiger partial charge < -0.3 is 10.2 Å². The highest BCUT2D eigenvalue weighted by Gasteiger charge is 2.30. The Kier molecular flexibility index (Phi) is 10.6. The third-order valence-electron chi connectivity index (χ3n) is 5.40. The number of benzene rings is 3. The third kappa shape index (κ3) is 8.09. The fourth-order valence-electron chi connectivity index (χ4n) is 3.67. The van der Waals surface area contributed by atoms with Crippen molar-refractivity contribution in [3.05, 3.63) is 105 Å². The Labute approximate surface area is 223 Å². The van der Waals surface area contributed by atoms with Gasteiger partial charge in [0.25, 0.3) is 0 Å². The largest absolute Gasteiger partial charge is 0.355 e. The molecule has 0 saturated carbocycles. The van der Waals surface area contributed by atoms with E-state index in [-0.39, 0.29) is 29.9 Å². The number of halogens is 3. The fraction of sp³-hybridized carbons (Fsp3) is 0.259. The Hall–Kier alpha value is -2.35. The number of hydrogen-bond donors (Lipinski definition) is 1. The van der Waals surface area contributed by atoms with Crippen molar-refractivity contribution in [1.29, 1.82) is 0 Å². The lowest BCUT2D eigenvalue weighted by Crippen LogP contribution is -2.51. The van der Waals surface area contributed by atoms with E-state index in [0.717, 1.165) is 15.6 Å². The van der Waals surface area contributed by atoms with Crippen LogP contribution < -0.4 is 5.32 Å². The van der Waals surface area contributed by atoms with E-state index < -0.39 is 11.9 Å². The van der Waals surface area contributed by atoms with Gasteiger partial charge in [-0.1, -0.05) is 76.1 Å². The van der Waals surface area contributed by atoms with Crippen molar-refractivity contribution in [3.63, 3.8) is 0 Å². The lowest BCUT2D eigenvalue weighted by Gasteiger charge is -2.31. The van der Waals surface area contributed by atoms with Crippen LogP contribution in [0.25, 0.3) is 0 Å². The van der Waals surface area contributed by atoms with Crippen LogP contribution in [0.15, 0.2) is 77.3 Å². The number of nitrogens with one attached hydrogen (secondary N) is 1. The van der Waals surface area contributed by atoms with Crippen molar-refractivity contribution in [3.8, 4) is 0 Å². The minimum absolute atomic E-state index is 0.0867. The van der Waals surface area contributed by atoms with Crippen LogP contribution in [-0.4, -0.2) is 35.1 Å². The predicted molar refractivity (Wildman–Crippen MR) is 145 cm³/mol. The van der Waals surface area contributed by atoms with Crippen LogP contribution in [0, 0.1) is 5.82 Å². The minimum atomic E-state index is -0.693. The summed E-state index contributed by atoms with van der Waals surface area (Å²) in [6.07, 6.45) is 0.385. The monoisotopic (exact) mass is 576 g/mol. The van der Waals surface area contributed by atoms with E-state index in [2.05, 4.69) is 21.2 Å². The lowest BCUT2D eigenvalue weighted by atomic mass is 10.0. The van der Waals surface area contributed by atoms with Crippen LogP contribution in [0.5, 0.6) is 0 Å². The average molecular weight is 578 g/mol. The van der Waals surface area contributed by atoms with Crippen LogP contribution in [0.1, 0.15) is 23.6 Å². The van der Waals surface area contributed by atoms with E-state index in [1.165, 1.54) is 17.8 Å². The first-order chi connectivity index (χ1) is 16.9. The first-order valence-electron chi connectivity index (χ1n) is 11.2. The SMILES string of the molecule is CCNC(=O)[C@H](Cc1ccccc1)N(Cc1cccc(Br)c1)C(=O)CSCc1c(F)cccc1Cl. The van der Waals surface area contributed by atoms with E-state index in [0.29, 0.717) is 23.6 Å². The molecule has 8 heteroatoms. The number of carbonyl (C=O) groups is 2. The Bertz CT molecular complexity index is 1130. The third-order valence-corrected chi connectivity index (χ3v) is 7.19. The number of rotatable bonds is 11. The molecule has 35 heavy (non-hydrogen) atoms. The smallest absolute Gasteiger partial charge is 0.243 e. The second-order valence-corrected chi connectivity index (χ2v) is 10.3. The molecular weight excluding hydrogens is 551 g/mol. The van der Waals surface area contributed by atoms with Crippen molar-refractivity contribution in [2.75, 3.05) is 12.3 Å². The maximum absolute atomic E-state index is 14.2. The van der Waals surface area contributed by atoms with Gasteiger partial charge in [-0.3, -0.25) is 9.59 Å². The van der Waals surface area contributed by atoms with Gasteiger partial charge in [-0.2, -0.15) is 0 Å². The normalized spacial score (nSPS) is 11.7. The van der Waals surface area contributed by atoms with E-state index in [9.17, 15) is 14.0 Å². The number of carbonyl (C=O) groups excluding carboxylic acids is 2. The Balaban J connectivity index is 1.85. The highest BCUT2D eigenvalue weighted by Crippen LogP contribution is 2.25. The van der Waals surface area contributed by atoms with Gasteiger partial charge in [-0.25, -0.2) is 4.39 Å². The molecule has 0 aliphatic heterocycles. The van der Waals surface area contributed by atoms with Gasteiger partial charge in [0.2, 0.25) is 11.8 Å². The zero-order valence-electron chi connectivity index (χ0n) is 19.3. The van der Waals surface area contributed by atoms with Crippen molar-refractivity contribution >= 4 is 51.1 Å². The summed E-state index contributed by atoms with van der Waals surface area (Å²) >= 11 is 10.9. The van der Waals surface area contributed by atoms with Crippen molar-refractivity contribution < 1.29 is 14.0 Å². The molecule has 2 amide bonds. The highest BCUT2D eigenvalue weighted by molar-refractivity contribution is 9.10. The molecule has 0 heterocycles. The van der Waals surface area contributed by atoms with Crippen LogP contribution in [-0.2, 0) is 28.3 Å². The van der Waals surface area contributed by atoms with E-state index in [1.807, 2.05) is 61.5 Å². The molecule has 0 unspecified atom stereocenters. The molecule has 0 aliphatic rings. The van der Waals surface area contributed by atoms with Crippen LogP contribution >= 0.6 is 39.3 Å². The molecule has 0 bridgehead atoms. The van der Waals surface area contributed by atoms with Gasteiger partial charge in [-0.15, -0.1) is 11.8 Å². The standard InChI is InChI=1S/C27H27BrClFN2O2S/c1-2-31-27(34)25(15-19-8-4-3-5-9-19)32(16-20-10-6-11-21(28)14-20)26(33)18-35-17-22-23(29)12-7-13-24(22)30/h3-14,25H,2,15-18H2,1H3,(H,31,34)/t25-/m0/s1. The summed E-state index contributed by atoms with van der Waals surface area (Å²) in [5.41, 5.74) is 2.23. The second kappa shape index (κ2) is 13.7. The lowest BCUT2D eigenvalue weighted by molar-refractivity contribution is -0.139. The van der Waals surface area contributed by atoms with E-state index in [4.69, 9.17) is 11.6 Å². The number of likely N-dealkylation sites (N-methyl/N-ethyl adjacent to an activating group) is 1. The summed E-state index contributed by atoms with van der Waals surface area (Å²) in [5.74, 6) is -0.459. The first-order valence-corrected chi connectivity index (χ1v) is 13.6. The molecule has 3 aromatic carbocycles. The molecule has 0 saturated heterocycles. The van der Waals surface area contributed by atoms with Gasteiger partial charge in [0.1, 0.15) is 11.9 Å². The van der Waals surface area contributed by atoms with Crippen LogP contribution in [0.3, 0.4) is 0 Å². The second-order valence-electron chi connectivity index (χ2n) is 7.94. The summed E-state index contributed by atoms with van der Waals surface area (Å²) in [7, 11) is 0. The van der Waals surface area contributed by atoms with E-state index >= 15 is 0 Å². The van der Waals surface area contributed by atoms with Crippen molar-refractivity contribution in [2.45, 2.75) is 31.7 Å².